The van der Waals surface area contributed by atoms with Crippen LogP contribution < -0.4 is 5.32 Å². The minimum absolute atomic E-state index is 0.00746. The highest BCUT2D eigenvalue weighted by Crippen LogP contribution is 2.27. The lowest BCUT2D eigenvalue weighted by Gasteiger charge is -2.42. The molecule has 1 unspecified atom stereocenters. The Labute approximate surface area is 185 Å². The van der Waals surface area contributed by atoms with Crippen LogP contribution in [-0.2, 0) is 20.7 Å². The molecule has 0 aromatic heterocycles. The van der Waals surface area contributed by atoms with E-state index in [1.165, 1.54) is 0 Å². The van der Waals surface area contributed by atoms with Gasteiger partial charge in [-0.1, -0.05) is 54.6 Å². The van der Waals surface area contributed by atoms with Crippen LogP contribution in [0.3, 0.4) is 0 Å². The Bertz CT molecular complexity index is 898. The lowest BCUT2D eigenvalue weighted by Crippen LogP contribution is -2.63. The van der Waals surface area contributed by atoms with Crippen molar-refractivity contribution < 1.29 is 14.3 Å². The van der Waals surface area contributed by atoms with Gasteiger partial charge in [0.05, 0.1) is 19.7 Å². The highest BCUT2D eigenvalue weighted by Gasteiger charge is 2.45. The molecule has 1 heterocycles. The monoisotopic (exact) mass is 423 g/mol. The number of rotatable bonds is 7. The molecule has 1 atom stereocenters. The average Bonchev–Trinajstić information content (AvgIpc) is 2.74. The Balaban J connectivity index is 1.89. The second kappa shape index (κ2) is 10.1. The van der Waals surface area contributed by atoms with Crippen LogP contribution >= 0.6 is 0 Å². The number of hydrogen-bond donors (Lipinski definition) is 1. The molecule has 1 aliphatic heterocycles. The summed E-state index contributed by atoms with van der Waals surface area (Å²) in [5, 5.41) is 3.01. The zero-order valence-corrected chi connectivity index (χ0v) is 18.9. The van der Waals surface area contributed by atoms with Crippen molar-refractivity contribution in [2.45, 2.75) is 31.9 Å². The summed E-state index contributed by atoms with van der Waals surface area (Å²) in [6.07, 6.45) is 0.401. The summed E-state index contributed by atoms with van der Waals surface area (Å²) >= 11 is 0. The number of benzene rings is 2. The van der Waals surface area contributed by atoms with E-state index in [2.05, 4.69) is 29.6 Å². The quantitative estimate of drug-likeness (QED) is 0.744. The van der Waals surface area contributed by atoms with Crippen molar-refractivity contribution in [1.29, 1.82) is 0 Å². The largest absolute Gasteiger partial charge is 0.361 e. The van der Waals surface area contributed by atoms with E-state index in [0.29, 0.717) is 26.1 Å². The van der Waals surface area contributed by atoms with E-state index in [-0.39, 0.29) is 24.4 Å². The van der Waals surface area contributed by atoms with Gasteiger partial charge in [0.2, 0.25) is 5.91 Å². The van der Waals surface area contributed by atoms with Gasteiger partial charge >= 0.3 is 0 Å². The molecule has 1 fully saturated rings. The molecule has 166 valence electrons. The first-order valence-electron chi connectivity index (χ1n) is 10.8. The van der Waals surface area contributed by atoms with Crippen molar-refractivity contribution >= 4 is 11.8 Å². The Morgan fingerprint density at radius 1 is 1.10 bits per heavy atom. The summed E-state index contributed by atoms with van der Waals surface area (Å²) in [7, 11) is 3.73. The maximum atomic E-state index is 13.3. The van der Waals surface area contributed by atoms with E-state index in [9.17, 15) is 9.59 Å². The van der Waals surface area contributed by atoms with Crippen LogP contribution in [0.15, 0.2) is 54.6 Å². The molecule has 0 aliphatic carbocycles. The number of carbonyl (C=O) groups is 2. The van der Waals surface area contributed by atoms with Crippen molar-refractivity contribution in [2.24, 2.45) is 0 Å². The number of nitrogens with zero attached hydrogens (tertiary/aromatic N) is 2. The normalized spacial score (nSPS) is 19.0. The molecule has 1 aliphatic rings. The van der Waals surface area contributed by atoms with Crippen molar-refractivity contribution in [3.05, 3.63) is 60.2 Å². The molecule has 0 spiro atoms. The number of carbonyl (C=O) groups excluding carboxylic acids is 2. The molecule has 6 nitrogen and oxygen atoms in total. The number of morpholine rings is 1. The molecule has 0 bridgehead atoms. The minimum Gasteiger partial charge on any atom is -0.361 e. The van der Waals surface area contributed by atoms with E-state index < -0.39 is 5.60 Å². The third-order valence-corrected chi connectivity index (χ3v) is 5.35. The Hall–Kier alpha value is -2.70. The third-order valence-electron chi connectivity index (χ3n) is 5.35. The second-order valence-electron chi connectivity index (χ2n) is 8.77. The van der Waals surface area contributed by atoms with Crippen LogP contribution in [0, 0.1) is 0 Å². The number of ether oxygens (including phenoxy) is 1. The van der Waals surface area contributed by atoms with Crippen molar-refractivity contribution in [2.75, 3.05) is 40.3 Å². The summed E-state index contributed by atoms with van der Waals surface area (Å²) in [5.74, 6) is -0.164. The summed E-state index contributed by atoms with van der Waals surface area (Å²) in [6, 6.07) is 18.3. The van der Waals surface area contributed by atoms with Crippen LogP contribution in [0.4, 0.5) is 0 Å². The van der Waals surface area contributed by atoms with E-state index in [1.807, 2.05) is 63.2 Å². The van der Waals surface area contributed by atoms with Gasteiger partial charge < -0.3 is 19.9 Å². The number of amides is 2. The SMILES string of the molecule is CC(C)NC(=O)C1(Cc2cccc(-c3ccccc3)c2)CN(C(=O)CN(C)C)CCO1. The molecule has 2 aromatic carbocycles. The molecular formula is C25H33N3O3. The molecule has 1 saturated heterocycles. The van der Waals surface area contributed by atoms with Gasteiger partial charge in [-0.15, -0.1) is 0 Å². The fourth-order valence-corrected chi connectivity index (χ4v) is 3.91. The van der Waals surface area contributed by atoms with Crippen molar-refractivity contribution in [3.63, 3.8) is 0 Å². The molecule has 2 aromatic rings. The van der Waals surface area contributed by atoms with E-state index in [1.54, 1.807) is 4.90 Å². The Morgan fingerprint density at radius 2 is 1.81 bits per heavy atom. The fourth-order valence-electron chi connectivity index (χ4n) is 3.91. The lowest BCUT2D eigenvalue weighted by atomic mass is 9.89. The number of nitrogens with one attached hydrogen (secondary N) is 1. The van der Waals surface area contributed by atoms with Gasteiger partial charge in [-0.25, -0.2) is 0 Å². The highest BCUT2D eigenvalue weighted by atomic mass is 16.5. The van der Waals surface area contributed by atoms with Crippen molar-refractivity contribution in [1.82, 2.24) is 15.1 Å². The summed E-state index contributed by atoms with van der Waals surface area (Å²) in [4.78, 5) is 29.6. The van der Waals surface area contributed by atoms with E-state index >= 15 is 0 Å². The van der Waals surface area contributed by atoms with Gasteiger partial charge in [-0.05, 0) is 44.6 Å². The zero-order valence-electron chi connectivity index (χ0n) is 18.9. The molecule has 0 saturated carbocycles. The molecule has 3 rings (SSSR count). The van der Waals surface area contributed by atoms with Crippen LogP contribution in [0.2, 0.25) is 0 Å². The van der Waals surface area contributed by atoms with Gasteiger partial charge in [0.25, 0.3) is 5.91 Å². The van der Waals surface area contributed by atoms with Gasteiger partial charge in [0.15, 0.2) is 5.60 Å². The summed E-state index contributed by atoms with van der Waals surface area (Å²) < 4.78 is 6.14. The molecule has 31 heavy (non-hydrogen) atoms. The summed E-state index contributed by atoms with van der Waals surface area (Å²) in [6.45, 7) is 5.24. The third kappa shape index (κ3) is 5.93. The van der Waals surface area contributed by atoms with Gasteiger partial charge in [-0.3, -0.25) is 9.59 Å². The molecular weight excluding hydrogens is 390 g/mol. The number of hydrogen-bond acceptors (Lipinski definition) is 4. The standard InChI is InChI=1S/C25H33N3O3/c1-19(2)26-24(30)25(18-28(13-14-31-25)23(29)17-27(3)4)16-20-9-8-12-22(15-20)21-10-6-5-7-11-21/h5-12,15,19H,13-14,16-18H2,1-4H3,(H,26,30). The first-order valence-corrected chi connectivity index (χ1v) is 10.8. The zero-order chi connectivity index (χ0) is 22.4. The van der Waals surface area contributed by atoms with Gasteiger partial charge in [0.1, 0.15) is 0 Å². The van der Waals surface area contributed by atoms with Gasteiger partial charge in [-0.2, -0.15) is 0 Å². The van der Waals surface area contributed by atoms with Gasteiger partial charge in [0, 0.05) is 19.0 Å². The number of likely N-dealkylation sites (N-methyl/N-ethyl adjacent to an activating group) is 1. The van der Waals surface area contributed by atoms with E-state index in [4.69, 9.17) is 4.74 Å². The Morgan fingerprint density at radius 3 is 2.48 bits per heavy atom. The first-order chi connectivity index (χ1) is 14.8. The van der Waals surface area contributed by atoms with Crippen molar-refractivity contribution in [3.8, 4) is 11.1 Å². The molecule has 1 N–H and O–H groups in total. The smallest absolute Gasteiger partial charge is 0.254 e. The molecule has 0 radical (unpaired) electrons. The van der Waals surface area contributed by atoms with Crippen LogP contribution in [0.1, 0.15) is 19.4 Å². The predicted molar refractivity (Wildman–Crippen MR) is 123 cm³/mol. The first kappa shape index (κ1) is 23.0. The molecule has 2 amide bonds. The Kier molecular flexibility index (Phi) is 7.46. The lowest BCUT2D eigenvalue weighted by molar-refractivity contribution is -0.166. The second-order valence-corrected chi connectivity index (χ2v) is 8.77. The molecule has 6 heteroatoms. The topological polar surface area (TPSA) is 61.9 Å². The van der Waals surface area contributed by atoms with Crippen LogP contribution in [0.25, 0.3) is 11.1 Å². The summed E-state index contributed by atoms with van der Waals surface area (Å²) in [5.41, 5.74) is 2.10. The predicted octanol–water partition coefficient (Wildman–Crippen LogP) is 2.58. The fraction of sp³-hybridized carbons (Fsp3) is 0.440. The van der Waals surface area contributed by atoms with Crippen LogP contribution in [0.5, 0.6) is 0 Å². The van der Waals surface area contributed by atoms with Crippen LogP contribution in [-0.4, -0.2) is 73.6 Å². The minimum atomic E-state index is -1.11. The maximum absolute atomic E-state index is 13.3. The maximum Gasteiger partial charge on any atom is 0.254 e. The average molecular weight is 424 g/mol. The highest BCUT2D eigenvalue weighted by molar-refractivity contribution is 5.88. The van der Waals surface area contributed by atoms with E-state index in [0.717, 1.165) is 16.7 Å².